The van der Waals surface area contributed by atoms with Crippen molar-refractivity contribution in [3.8, 4) is 21.1 Å². The van der Waals surface area contributed by atoms with Gasteiger partial charge in [-0.3, -0.25) is 5.10 Å². The average molecular weight is 233 g/mol. The third kappa shape index (κ3) is 1.47. The quantitative estimate of drug-likeness (QED) is 0.739. The van der Waals surface area contributed by atoms with Gasteiger partial charge in [-0.15, -0.1) is 11.3 Å². The average Bonchev–Trinajstić information content (AvgIpc) is 3.01. The van der Waals surface area contributed by atoms with Gasteiger partial charge in [-0.05, 0) is 17.6 Å². The third-order valence-electron chi connectivity index (χ3n) is 1.90. The van der Waals surface area contributed by atoms with E-state index in [1.807, 2.05) is 11.4 Å². The second-order valence-corrected chi connectivity index (χ2v) is 4.46. The van der Waals surface area contributed by atoms with Gasteiger partial charge in [0.15, 0.2) is 0 Å². The molecule has 0 saturated heterocycles. The van der Waals surface area contributed by atoms with E-state index < -0.39 is 0 Å². The van der Waals surface area contributed by atoms with E-state index in [2.05, 4.69) is 25.8 Å². The van der Waals surface area contributed by atoms with E-state index in [9.17, 15) is 0 Å². The molecule has 0 aliphatic rings. The molecule has 0 unspecified atom stereocenters. The van der Waals surface area contributed by atoms with Crippen LogP contribution in [0.5, 0.6) is 0 Å². The first-order valence-corrected chi connectivity index (χ1v) is 5.88. The summed E-state index contributed by atoms with van der Waals surface area (Å²) in [4.78, 5) is 5.25. The summed E-state index contributed by atoms with van der Waals surface area (Å²) >= 11 is 2.96. The molecule has 73 valence electrons. The van der Waals surface area contributed by atoms with Crippen molar-refractivity contribution in [2.24, 2.45) is 0 Å². The fourth-order valence-corrected chi connectivity index (χ4v) is 2.64. The summed E-state index contributed by atoms with van der Waals surface area (Å²) in [5.74, 6) is 0. The first-order valence-electron chi connectivity index (χ1n) is 4.22. The molecule has 1 radical (unpaired) electrons. The van der Waals surface area contributed by atoms with Gasteiger partial charge in [0.25, 0.3) is 0 Å². The Morgan fingerprint density at radius 1 is 1.40 bits per heavy atom. The largest absolute Gasteiger partial charge is 0.285 e. The van der Waals surface area contributed by atoms with Crippen LogP contribution in [0.4, 0.5) is 0 Å². The molecule has 0 saturated carbocycles. The van der Waals surface area contributed by atoms with E-state index in [1.165, 1.54) is 11.5 Å². The molecule has 3 rings (SSSR count). The Morgan fingerprint density at radius 3 is 3.13 bits per heavy atom. The van der Waals surface area contributed by atoms with Crippen molar-refractivity contribution in [1.82, 2.24) is 19.6 Å². The Morgan fingerprint density at radius 2 is 2.40 bits per heavy atom. The maximum atomic E-state index is 4.25. The van der Waals surface area contributed by atoms with Crippen LogP contribution in [-0.2, 0) is 0 Å². The fourth-order valence-electron chi connectivity index (χ4n) is 1.26. The highest BCUT2D eigenvalue weighted by atomic mass is 32.1. The van der Waals surface area contributed by atoms with Crippen LogP contribution in [0.15, 0.2) is 23.8 Å². The summed E-state index contributed by atoms with van der Waals surface area (Å²) in [6.07, 6.45) is 6.53. The van der Waals surface area contributed by atoms with Gasteiger partial charge in [0.1, 0.15) is 16.9 Å². The lowest BCUT2D eigenvalue weighted by atomic mass is 10.2. The first kappa shape index (κ1) is 8.75. The molecule has 0 fully saturated rings. The van der Waals surface area contributed by atoms with Crippen molar-refractivity contribution in [1.29, 1.82) is 0 Å². The van der Waals surface area contributed by atoms with Crippen molar-refractivity contribution in [2.75, 3.05) is 0 Å². The summed E-state index contributed by atoms with van der Waals surface area (Å²) in [6.45, 7) is 0. The predicted molar refractivity (Wildman–Crippen MR) is 59.6 cm³/mol. The van der Waals surface area contributed by atoms with Crippen molar-refractivity contribution < 1.29 is 0 Å². The minimum atomic E-state index is 0.888. The monoisotopic (exact) mass is 233 g/mol. The zero-order valence-corrected chi connectivity index (χ0v) is 9.10. The zero-order valence-electron chi connectivity index (χ0n) is 7.47. The number of aromatic nitrogens is 4. The molecule has 0 atom stereocenters. The molecule has 3 heterocycles. The van der Waals surface area contributed by atoms with Crippen LogP contribution >= 0.6 is 22.9 Å². The Hall–Kier alpha value is -1.53. The Balaban J connectivity index is 2.15. The lowest BCUT2D eigenvalue weighted by Crippen LogP contribution is -1.78. The van der Waals surface area contributed by atoms with Crippen LogP contribution in [0.25, 0.3) is 21.1 Å². The minimum Gasteiger partial charge on any atom is -0.285 e. The standard InChI is InChI=1S/C9H5N4S2/c1-2-11-13-7(1)8-6(5-12-15-8)9-10-3-4-14-9/h1-4H,(H,11,13). The Kier molecular flexibility index (Phi) is 2.08. The summed E-state index contributed by atoms with van der Waals surface area (Å²) < 4.78 is 4.06. The van der Waals surface area contributed by atoms with Crippen LogP contribution in [0.2, 0.25) is 0 Å². The number of hydrogen-bond acceptors (Lipinski definition) is 5. The van der Waals surface area contributed by atoms with Gasteiger partial charge in [-0.1, -0.05) is 0 Å². The highest BCUT2D eigenvalue weighted by molar-refractivity contribution is 7.14. The van der Waals surface area contributed by atoms with Gasteiger partial charge < -0.3 is 0 Å². The number of hydrogen-bond donors (Lipinski definition) is 1. The SMILES string of the molecule is [c]1nsc(-c2cc[nH]n2)c1-c1nccs1. The highest BCUT2D eigenvalue weighted by Gasteiger charge is 2.14. The summed E-state index contributed by atoms with van der Waals surface area (Å²) in [7, 11) is 0. The molecule has 3 aromatic heterocycles. The van der Waals surface area contributed by atoms with Gasteiger partial charge in [-0.25, -0.2) is 4.98 Å². The highest BCUT2D eigenvalue weighted by Crippen LogP contribution is 2.34. The Bertz CT molecular complexity index is 490. The molecular weight excluding hydrogens is 228 g/mol. The normalized spacial score (nSPS) is 10.7. The van der Waals surface area contributed by atoms with E-state index in [1.54, 1.807) is 23.7 Å². The van der Waals surface area contributed by atoms with Crippen LogP contribution in [-0.4, -0.2) is 19.6 Å². The van der Waals surface area contributed by atoms with E-state index in [-0.39, 0.29) is 0 Å². The number of nitrogens with zero attached hydrogens (tertiary/aromatic N) is 3. The maximum Gasteiger partial charge on any atom is 0.127 e. The lowest BCUT2D eigenvalue weighted by molar-refractivity contribution is 1.10. The summed E-state index contributed by atoms with van der Waals surface area (Å²) in [6, 6.07) is 1.92. The van der Waals surface area contributed by atoms with Crippen LogP contribution < -0.4 is 0 Å². The lowest BCUT2D eigenvalue weighted by Gasteiger charge is -1.93. The number of rotatable bonds is 2. The zero-order chi connectivity index (χ0) is 10.1. The molecular formula is C9H5N4S2. The third-order valence-corrected chi connectivity index (χ3v) is 3.47. The van der Waals surface area contributed by atoms with Crippen LogP contribution in [0.1, 0.15) is 0 Å². The molecule has 0 bridgehead atoms. The molecule has 0 amide bonds. The van der Waals surface area contributed by atoms with Crippen molar-refractivity contribution in [2.45, 2.75) is 0 Å². The molecule has 0 aliphatic heterocycles. The first-order chi connectivity index (χ1) is 7.45. The second-order valence-electron chi connectivity index (χ2n) is 2.80. The predicted octanol–water partition coefficient (Wildman–Crippen LogP) is 2.46. The van der Waals surface area contributed by atoms with Gasteiger partial charge in [0.2, 0.25) is 0 Å². The number of aromatic amines is 1. The molecule has 15 heavy (non-hydrogen) atoms. The van der Waals surface area contributed by atoms with Gasteiger partial charge in [0, 0.05) is 17.8 Å². The van der Waals surface area contributed by atoms with Crippen molar-refractivity contribution >= 4 is 22.9 Å². The van der Waals surface area contributed by atoms with E-state index in [0.717, 1.165) is 21.1 Å². The van der Waals surface area contributed by atoms with Crippen LogP contribution in [0, 0.1) is 6.20 Å². The summed E-state index contributed by atoms with van der Waals surface area (Å²) in [5, 5.41) is 9.79. The molecule has 0 aromatic carbocycles. The Labute approximate surface area is 93.8 Å². The fraction of sp³-hybridized carbons (Fsp3) is 0. The number of thiazole rings is 1. The second kappa shape index (κ2) is 3.56. The van der Waals surface area contributed by atoms with E-state index >= 15 is 0 Å². The molecule has 6 heteroatoms. The van der Waals surface area contributed by atoms with Gasteiger partial charge in [-0.2, -0.15) is 9.47 Å². The van der Waals surface area contributed by atoms with Crippen molar-refractivity contribution in [3.63, 3.8) is 0 Å². The van der Waals surface area contributed by atoms with Crippen molar-refractivity contribution in [3.05, 3.63) is 30.0 Å². The molecule has 1 N–H and O–H groups in total. The minimum absolute atomic E-state index is 0.888. The van der Waals surface area contributed by atoms with E-state index in [0.29, 0.717) is 0 Å². The number of H-pyrrole nitrogens is 1. The summed E-state index contributed by atoms with van der Waals surface area (Å²) in [5.41, 5.74) is 1.82. The van der Waals surface area contributed by atoms with Gasteiger partial charge >= 0.3 is 0 Å². The molecule has 0 aliphatic carbocycles. The smallest absolute Gasteiger partial charge is 0.127 e. The van der Waals surface area contributed by atoms with Gasteiger partial charge in [0.05, 0.1) is 10.4 Å². The molecule has 0 spiro atoms. The number of nitrogens with one attached hydrogen (secondary N) is 1. The molecule has 4 nitrogen and oxygen atoms in total. The maximum absolute atomic E-state index is 4.25. The van der Waals surface area contributed by atoms with Crippen LogP contribution in [0.3, 0.4) is 0 Å². The van der Waals surface area contributed by atoms with E-state index in [4.69, 9.17) is 0 Å². The molecule has 3 aromatic rings. The topological polar surface area (TPSA) is 54.5 Å².